The number of nitrogens with zero attached hydrogens (tertiary/aromatic N) is 1. The van der Waals surface area contributed by atoms with Crippen molar-refractivity contribution in [1.82, 2.24) is 0 Å². The summed E-state index contributed by atoms with van der Waals surface area (Å²) in [7, 11) is 0. The zero-order valence-corrected chi connectivity index (χ0v) is 11.9. The zero-order chi connectivity index (χ0) is 15.9. The van der Waals surface area contributed by atoms with E-state index >= 15 is 0 Å². The average Bonchev–Trinajstić information content (AvgIpc) is 2.49. The largest absolute Gasteiger partial charge is 0.494 e. The van der Waals surface area contributed by atoms with Crippen LogP contribution >= 0.6 is 0 Å². The fourth-order valence-electron chi connectivity index (χ4n) is 1.83. The molecule has 7 nitrogen and oxygen atoms in total. The molecule has 0 aromatic heterocycles. The molecule has 0 heterocycles. The van der Waals surface area contributed by atoms with E-state index in [1.165, 1.54) is 12.1 Å². The number of para-hydroxylation sites is 1. The minimum absolute atomic E-state index is 0.0990. The van der Waals surface area contributed by atoms with Gasteiger partial charge in [0.25, 0.3) is 5.69 Å². The molecule has 0 aliphatic carbocycles. The van der Waals surface area contributed by atoms with Gasteiger partial charge >= 0.3 is 6.03 Å². The van der Waals surface area contributed by atoms with Crippen LogP contribution in [-0.2, 0) is 0 Å². The SMILES string of the molecule is CCOc1ccc(NC(=O)Nc2ccccc2)c([N+](=O)[O-])c1. The normalized spacial score (nSPS) is 9.86. The smallest absolute Gasteiger partial charge is 0.323 e. The number of nitrogens with one attached hydrogen (secondary N) is 2. The molecule has 2 N–H and O–H groups in total. The number of hydrogen-bond donors (Lipinski definition) is 2. The molecule has 0 aliphatic heterocycles. The van der Waals surface area contributed by atoms with Crippen LogP contribution in [0.25, 0.3) is 0 Å². The molecular weight excluding hydrogens is 286 g/mol. The van der Waals surface area contributed by atoms with Gasteiger partial charge in [0, 0.05) is 5.69 Å². The van der Waals surface area contributed by atoms with E-state index in [1.54, 1.807) is 37.3 Å². The number of carbonyl (C=O) groups is 1. The third-order valence-electron chi connectivity index (χ3n) is 2.76. The van der Waals surface area contributed by atoms with Crippen LogP contribution in [0.5, 0.6) is 5.75 Å². The van der Waals surface area contributed by atoms with Crippen molar-refractivity contribution in [1.29, 1.82) is 0 Å². The highest BCUT2D eigenvalue weighted by Gasteiger charge is 2.17. The third kappa shape index (κ3) is 3.95. The summed E-state index contributed by atoms with van der Waals surface area (Å²) in [6.07, 6.45) is 0. The number of carbonyl (C=O) groups excluding carboxylic acids is 1. The van der Waals surface area contributed by atoms with Gasteiger partial charge in [0.05, 0.1) is 17.6 Å². The van der Waals surface area contributed by atoms with Gasteiger partial charge in [-0.05, 0) is 31.2 Å². The highest BCUT2D eigenvalue weighted by Crippen LogP contribution is 2.29. The first-order chi connectivity index (χ1) is 10.6. The molecule has 0 bridgehead atoms. The van der Waals surface area contributed by atoms with Crippen molar-refractivity contribution in [2.75, 3.05) is 17.2 Å². The van der Waals surface area contributed by atoms with Crippen LogP contribution in [0.4, 0.5) is 21.9 Å². The lowest BCUT2D eigenvalue weighted by atomic mass is 10.2. The Hall–Kier alpha value is -3.09. The number of amides is 2. The summed E-state index contributed by atoms with van der Waals surface area (Å²) in [4.78, 5) is 22.4. The molecule has 0 aliphatic rings. The maximum absolute atomic E-state index is 11.9. The second kappa shape index (κ2) is 7.07. The molecule has 2 rings (SSSR count). The molecule has 2 aromatic carbocycles. The van der Waals surface area contributed by atoms with Gasteiger partial charge in [-0.3, -0.25) is 10.1 Å². The van der Waals surface area contributed by atoms with Gasteiger partial charge in [0.1, 0.15) is 11.4 Å². The van der Waals surface area contributed by atoms with Crippen molar-refractivity contribution in [3.63, 3.8) is 0 Å². The number of nitro groups is 1. The van der Waals surface area contributed by atoms with Gasteiger partial charge in [0.2, 0.25) is 0 Å². The number of benzene rings is 2. The fourth-order valence-corrected chi connectivity index (χ4v) is 1.83. The molecule has 0 saturated heterocycles. The maximum atomic E-state index is 11.9. The van der Waals surface area contributed by atoms with Crippen LogP contribution in [0.1, 0.15) is 6.92 Å². The Kier molecular flexibility index (Phi) is 4.92. The summed E-state index contributed by atoms with van der Waals surface area (Å²) in [5.74, 6) is 0.378. The molecule has 0 unspecified atom stereocenters. The lowest BCUT2D eigenvalue weighted by Crippen LogP contribution is -2.20. The molecule has 0 radical (unpaired) electrons. The minimum Gasteiger partial charge on any atom is -0.494 e. The van der Waals surface area contributed by atoms with Gasteiger partial charge in [-0.15, -0.1) is 0 Å². The van der Waals surface area contributed by atoms with Crippen molar-refractivity contribution in [3.8, 4) is 5.75 Å². The Morgan fingerprint density at radius 1 is 1.18 bits per heavy atom. The molecule has 2 aromatic rings. The average molecular weight is 301 g/mol. The second-order valence-corrected chi connectivity index (χ2v) is 4.31. The number of anilines is 2. The summed E-state index contributed by atoms with van der Waals surface area (Å²) in [6, 6.07) is 12.5. The van der Waals surface area contributed by atoms with Crippen LogP contribution in [0.2, 0.25) is 0 Å². The monoisotopic (exact) mass is 301 g/mol. The van der Waals surface area contributed by atoms with Crippen LogP contribution in [0, 0.1) is 10.1 Å². The minimum atomic E-state index is -0.569. The number of nitro benzene ring substituents is 1. The van der Waals surface area contributed by atoms with Gasteiger partial charge in [0.15, 0.2) is 0 Å². The first-order valence-electron chi connectivity index (χ1n) is 6.64. The Balaban J connectivity index is 2.14. The standard InChI is InChI=1S/C15H15N3O4/c1-2-22-12-8-9-13(14(10-12)18(20)21)17-15(19)16-11-6-4-3-5-7-11/h3-10H,2H2,1H3,(H2,16,17,19). The molecule has 0 spiro atoms. The molecule has 2 amide bonds. The Morgan fingerprint density at radius 2 is 1.91 bits per heavy atom. The molecule has 0 fully saturated rings. The van der Waals surface area contributed by atoms with Gasteiger partial charge in [-0.2, -0.15) is 0 Å². The lowest BCUT2D eigenvalue weighted by molar-refractivity contribution is -0.384. The molecule has 0 saturated carbocycles. The molecule has 7 heteroatoms. The predicted octanol–water partition coefficient (Wildman–Crippen LogP) is 3.64. The van der Waals surface area contributed by atoms with Crippen LogP contribution in [0.3, 0.4) is 0 Å². The lowest BCUT2D eigenvalue weighted by Gasteiger charge is -2.09. The zero-order valence-electron chi connectivity index (χ0n) is 11.9. The predicted molar refractivity (Wildman–Crippen MR) is 83.3 cm³/mol. The van der Waals surface area contributed by atoms with Crippen molar-refractivity contribution < 1.29 is 14.5 Å². The van der Waals surface area contributed by atoms with Crippen molar-refractivity contribution >= 4 is 23.1 Å². The van der Waals surface area contributed by atoms with Crippen LogP contribution in [0.15, 0.2) is 48.5 Å². The maximum Gasteiger partial charge on any atom is 0.323 e. The van der Waals surface area contributed by atoms with Crippen LogP contribution < -0.4 is 15.4 Å². The fraction of sp³-hybridized carbons (Fsp3) is 0.133. The molecule has 114 valence electrons. The van der Waals surface area contributed by atoms with E-state index in [1.807, 2.05) is 6.07 Å². The summed E-state index contributed by atoms with van der Waals surface area (Å²) < 4.78 is 5.22. The van der Waals surface area contributed by atoms with E-state index in [-0.39, 0.29) is 11.4 Å². The highest BCUT2D eigenvalue weighted by atomic mass is 16.6. The van der Waals surface area contributed by atoms with E-state index in [0.29, 0.717) is 18.0 Å². The quantitative estimate of drug-likeness (QED) is 0.651. The number of rotatable bonds is 5. The van der Waals surface area contributed by atoms with E-state index < -0.39 is 11.0 Å². The van der Waals surface area contributed by atoms with Gasteiger partial charge < -0.3 is 15.4 Å². The van der Waals surface area contributed by atoms with E-state index in [2.05, 4.69) is 10.6 Å². The number of hydrogen-bond acceptors (Lipinski definition) is 4. The second-order valence-electron chi connectivity index (χ2n) is 4.31. The Bertz CT molecular complexity index is 674. The van der Waals surface area contributed by atoms with E-state index in [4.69, 9.17) is 4.74 Å². The molecule has 0 atom stereocenters. The van der Waals surface area contributed by atoms with Crippen molar-refractivity contribution in [2.24, 2.45) is 0 Å². The Morgan fingerprint density at radius 3 is 2.55 bits per heavy atom. The summed E-state index contributed by atoms with van der Waals surface area (Å²) in [5, 5.41) is 16.2. The van der Waals surface area contributed by atoms with E-state index in [9.17, 15) is 14.9 Å². The highest BCUT2D eigenvalue weighted by molar-refractivity contribution is 6.01. The van der Waals surface area contributed by atoms with E-state index in [0.717, 1.165) is 0 Å². The Labute approximate surface area is 127 Å². The third-order valence-corrected chi connectivity index (χ3v) is 2.76. The summed E-state index contributed by atoms with van der Waals surface area (Å²) in [5.41, 5.74) is 0.463. The first-order valence-corrected chi connectivity index (χ1v) is 6.64. The van der Waals surface area contributed by atoms with Gasteiger partial charge in [-0.25, -0.2) is 4.79 Å². The first kappa shape index (κ1) is 15.3. The molecule has 22 heavy (non-hydrogen) atoms. The summed E-state index contributed by atoms with van der Waals surface area (Å²) in [6.45, 7) is 2.18. The van der Waals surface area contributed by atoms with Crippen molar-refractivity contribution in [3.05, 3.63) is 58.6 Å². The number of urea groups is 1. The summed E-state index contributed by atoms with van der Waals surface area (Å²) >= 11 is 0. The molecular formula is C15H15N3O4. The van der Waals surface area contributed by atoms with Crippen LogP contribution in [-0.4, -0.2) is 17.6 Å². The van der Waals surface area contributed by atoms with Gasteiger partial charge in [-0.1, -0.05) is 18.2 Å². The van der Waals surface area contributed by atoms with Crippen molar-refractivity contribution in [2.45, 2.75) is 6.92 Å². The number of ether oxygens (including phenoxy) is 1. The topological polar surface area (TPSA) is 93.5 Å².